The Morgan fingerprint density at radius 3 is 2.65 bits per heavy atom. The number of aromatic nitrogens is 1. The van der Waals surface area contributed by atoms with Crippen LogP contribution in [0, 0.1) is 0 Å². The predicted molar refractivity (Wildman–Crippen MR) is 68.6 cm³/mol. The smallest absolute Gasteiger partial charge is 0.105 e. The van der Waals surface area contributed by atoms with Gasteiger partial charge in [0.2, 0.25) is 0 Å². The van der Waals surface area contributed by atoms with E-state index in [2.05, 4.69) is 4.98 Å². The van der Waals surface area contributed by atoms with Crippen LogP contribution in [0.2, 0.25) is 0 Å². The van der Waals surface area contributed by atoms with Gasteiger partial charge in [0.1, 0.15) is 5.03 Å². The Labute approximate surface area is 105 Å². The van der Waals surface area contributed by atoms with Gasteiger partial charge in [0.15, 0.2) is 0 Å². The van der Waals surface area contributed by atoms with Crippen LogP contribution >= 0.6 is 11.8 Å². The molecular formula is C13H14N2OS. The third-order valence-electron chi connectivity index (χ3n) is 2.42. The standard InChI is InChI=1S/C13H14N2OS/c14-8-10-5-3-7-15-13(10)17-12-6-2-1-4-11(12)9-16/h1-7,16H,8-9,14H2. The summed E-state index contributed by atoms with van der Waals surface area (Å²) in [7, 11) is 0. The third kappa shape index (κ3) is 2.85. The fraction of sp³-hybridized carbons (Fsp3) is 0.154. The second-order valence-corrected chi connectivity index (χ2v) is 4.57. The van der Waals surface area contributed by atoms with Crippen LogP contribution in [-0.4, -0.2) is 10.1 Å². The number of aliphatic hydroxyl groups excluding tert-OH is 1. The molecule has 2 rings (SSSR count). The van der Waals surface area contributed by atoms with E-state index < -0.39 is 0 Å². The van der Waals surface area contributed by atoms with Gasteiger partial charge in [-0.2, -0.15) is 0 Å². The topological polar surface area (TPSA) is 59.1 Å². The molecule has 0 aliphatic carbocycles. The molecule has 0 unspecified atom stereocenters. The molecule has 1 aromatic carbocycles. The van der Waals surface area contributed by atoms with Crippen LogP contribution in [0.1, 0.15) is 11.1 Å². The maximum Gasteiger partial charge on any atom is 0.105 e. The summed E-state index contributed by atoms with van der Waals surface area (Å²) in [6.45, 7) is 0.505. The van der Waals surface area contributed by atoms with E-state index in [0.717, 1.165) is 21.0 Å². The number of rotatable bonds is 4. The van der Waals surface area contributed by atoms with Gasteiger partial charge in [-0.05, 0) is 23.3 Å². The molecule has 3 nitrogen and oxygen atoms in total. The van der Waals surface area contributed by atoms with Crippen molar-refractivity contribution in [3.05, 3.63) is 53.7 Å². The van der Waals surface area contributed by atoms with Gasteiger partial charge in [0.05, 0.1) is 6.61 Å². The Kier molecular flexibility index (Phi) is 4.14. The largest absolute Gasteiger partial charge is 0.392 e. The molecule has 0 amide bonds. The minimum absolute atomic E-state index is 0.0357. The van der Waals surface area contributed by atoms with Crippen LogP contribution in [0.4, 0.5) is 0 Å². The number of hydrogen-bond acceptors (Lipinski definition) is 4. The van der Waals surface area contributed by atoms with Crippen molar-refractivity contribution in [2.24, 2.45) is 5.73 Å². The van der Waals surface area contributed by atoms with E-state index in [1.807, 2.05) is 36.4 Å². The van der Waals surface area contributed by atoms with E-state index in [9.17, 15) is 5.11 Å². The molecule has 0 fully saturated rings. The molecule has 0 saturated heterocycles. The molecular weight excluding hydrogens is 232 g/mol. The summed E-state index contributed by atoms with van der Waals surface area (Å²) in [6, 6.07) is 11.6. The Balaban J connectivity index is 2.31. The van der Waals surface area contributed by atoms with E-state index in [-0.39, 0.29) is 6.61 Å². The first-order valence-electron chi connectivity index (χ1n) is 5.35. The molecule has 0 saturated carbocycles. The SMILES string of the molecule is NCc1cccnc1Sc1ccccc1CO. The predicted octanol–water partition coefficient (Wildman–Crippen LogP) is 2.18. The average molecular weight is 246 g/mol. The first-order chi connectivity index (χ1) is 8.35. The lowest BCUT2D eigenvalue weighted by atomic mass is 10.2. The highest BCUT2D eigenvalue weighted by atomic mass is 32.2. The van der Waals surface area contributed by atoms with Crippen molar-refractivity contribution in [3.63, 3.8) is 0 Å². The molecule has 1 heterocycles. The van der Waals surface area contributed by atoms with Gasteiger partial charge in [0.25, 0.3) is 0 Å². The Hall–Kier alpha value is -1.36. The molecule has 1 aromatic heterocycles. The molecule has 0 radical (unpaired) electrons. The quantitative estimate of drug-likeness (QED) is 0.868. The van der Waals surface area contributed by atoms with Crippen molar-refractivity contribution < 1.29 is 5.11 Å². The maximum atomic E-state index is 9.26. The van der Waals surface area contributed by atoms with Gasteiger partial charge in [0, 0.05) is 17.6 Å². The van der Waals surface area contributed by atoms with Crippen molar-refractivity contribution in [3.8, 4) is 0 Å². The van der Waals surface area contributed by atoms with Gasteiger partial charge in [-0.25, -0.2) is 4.98 Å². The van der Waals surface area contributed by atoms with Crippen molar-refractivity contribution in [1.82, 2.24) is 4.98 Å². The van der Waals surface area contributed by atoms with Gasteiger partial charge in [-0.15, -0.1) is 0 Å². The molecule has 0 aliphatic heterocycles. The van der Waals surface area contributed by atoms with Crippen molar-refractivity contribution in [2.45, 2.75) is 23.1 Å². The molecule has 0 bridgehead atoms. The minimum Gasteiger partial charge on any atom is -0.392 e. The van der Waals surface area contributed by atoms with Crippen molar-refractivity contribution in [1.29, 1.82) is 0 Å². The summed E-state index contributed by atoms with van der Waals surface area (Å²) < 4.78 is 0. The summed E-state index contributed by atoms with van der Waals surface area (Å²) in [5.74, 6) is 0. The second kappa shape index (κ2) is 5.82. The molecule has 17 heavy (non-hydrogen) atoms. The van der Waals surface area contributed by atoms with Crippen LogP contribution in [-0.2, 0) is 13.2 Å². The Bertz CT molecular complexity index is 457. The number of benzene rings is 1. The normalized spacial score (nSPS) is 10.5. The van der Waals surface area contributed by atoms with Crippen molar-refractivity contribution >= 4 is 11.8 Å². The van der Waals surface area contributed by atoms with Crippen LogP contribution in [0.3, 0.4) is 0 Å². The summed E-state index contributed by atoms with van der Waals surface area (Å²) in [6.07, 6.45) is 1.75. The number of nitrogens with two attached hydrogens (primary N) is 1. The monoisotopic (exact) mass is 246 g/mol. The zero-order chi connectivity index (χ0) is 12.1. The molecule has 0 atom stereocenters. The fourth-order valence-electron chi connectivity index (χ4n) is 1.51. The average Bonchev–Trinajstić information content (AvgIpc) is 2.40. The summed E-state index contributed by atoms with van der Waals surface area (Å²) in [5, 5.41) is 10.2. The Morgan fingerprint density at radius 1 is 1.12 bits per heavy atom. The zero-order valence-corrected chi connectivity index (χ0v) is 10.2. The lowest BCUT2D eigenvalue weighted by Crippen LogP contribution is -1.99. The number of pyridine rings is 1. The Morgan fingerprint density at radius 2 is 1.88 bits per heavy atom. The van der Waals surface area contributed by atoms with Gasteiger partial charge in [-0.1, -0.05) is 36.0 Å². The summed E-state index contributed by atoms with van der Waals surface area (Å²) in [4.78, 5) is 5.34. The first-order valence-corrected chi connectivity index (χ1v) is 6.17. The molecule has 0 spiro atoms. The highest BCUT2D eigenvalue weighted by molar-refractivity contribution is 7.99. The van der Waals surface area contributed by atoms with E-state index in [1.165, 1.54) is 11.8 Å². The molecule has 4 heteroatoms. The highest BCUT2D eigenvalue weighted by Gasteiger charge is 2.07. The number of aliphatic hydroxyl groups is 1. The van der Waals surface area contributed by atoms with Crippen LogP contribution in [0.25, 0.3) is 0 Å². The van der Waals surface area contributed by atoms with Gasteiger partial charge < -0.3 is 10.8 Å². The molecule has 3 N–H and O–H groups in total. The summed E-state index contributed by atoms with van der Waals surface area (Å²) >= 11 is 1.54. The highest BCUT2D eigenvalue weighted by Crippen LogP contribution is 2.30. The number of hydrogen-bond donors (Lipinski definition) is 2. The van der Waals surface area contributed by atoms with E-state index in [0.29, 0.717) is 6.54 Å². The third-order valence-corrected chi connectivity index (χ3v) is 3.60. The van der Waals surface area contributed by atoms with Gasteiger partial charge in [-0.3, -0.25) is 0 Å². The van der Waals surface area contributed by atoms with Crippen LogP contribution < -0.4 is 5.73 Å². The van der Waals surface area contributed by atoms with E-state index in [1.54, 1.807) is 6.20 Å². The molecule has 0 aliphatic rings. The van der Waals surface area contributed by atoms with Crippen LogP contribution in [0.15, 0.2) is 52.5 Å². The second-order valence-electron chi connectivity index (χ2n) is 3.54. The van der Waals surface area contributed by atoms with Crippen molar-refractivity contribution in [2.75, 3.05) is 0 Å². The minimum atomic E-state index is 0.0357. The fourth-order valence-corrected chi connectivity index (χ4v) is 2.52. The zero-order valence-electron chi connectivity index (χ0n) is 9.34. The van der Waals surface area contributed by atoms with E-state index >= 15 is 0 Å². The van der Waals surface area contributed by atoms with Crippen LogP contribution in [0.5, 0.6) is 0 Å². The van der Waals surface area contributed by atoms with E-state index in [4.69, 9.17) is 5.73 Å². The number of nitrogens with zero attached hydrogens (tertiary/aromatic N) is 1. The maximum absolute atomic E-state index is 9.26. The summed E-state index contributed by atoms with van der Waals surface area (Å²) in [5.41, 5.74) is 7.60. The lowest BCUT2D eigenvalue weighted by Gasteiger charge is -2.08. The lowest BCUT2D eigenvalue weighted by molar-refractivity contribution is 0.279. The molecule has 88 valence electrons. The first kappa shape index (κ1) is 12.1. The van der Waals surface area contributed by atoms with Gasteiger partial charge >= 0.3 is 0 Å². The molecule has 2 aromatic rings.